The fourth-order valence-corrected chi connectivity index (χ4v) is 3.84. The van der Waals surface area contributed by atoms with Gasteiger partial charge in [0.15, 0.2) is 0 Å². The van der Waals surface area contributed by atoms with E-state index in [9.17, 15) is 13.5 Å². The van der Waals surface area contributed by atoms with Crippen LogP contribution in [0.5, 0.6) is 0 Å². The Morgan fingerprint density at radius 3 is 2.50 bits per heavy atom. The van der Waals surface area contributed by atoms with Gasteiger partial charge in [-0.3, -0.25) is 0 Å². The number of nitrogens with one attached hydrogen (secondary N) is 1. The summed E-state index contributed by atoms with van der Waals surface area (Å²) in [7, 11) is -3.30. The van der Waals surface area contributed by atoms with Gasteiger partial charge in [0.1, 0.15) is 0 Å². The van der Waals surface area contributed by atoms with Crippen LogP contribution in [0.4, 0.5) is 0 Å². The molecule has 6 heteroatoms. The predicted octanol–water partition coefficient (Wildman–Crippen LogP) is 1.33. The Hall–Kier alpha value is -0.950. The third-order valence-electron chi connectivity index (χ3n) is 4.28. The van der Waals surface area contributed by atoms with E-state index < -0.39 is 10.0 Å². The van der Waals surface area contributed by atoms with Crippen molar-refractivity contribution in [2.75, 3.05) is 32.1 Å². The summed E-state index contributed by atoms with van der Waals surface area (Å²) in [6.07, 6.45) is 2.72. The zero-order chi connectivity index (χ0) is 15.9. The second-order valence-corrected chi connectivity index (χ2v) is 7.93. The van der Waals surface area contributed by atoms with E-state index >= 15 is 0 Å². The highest BCUT2D eigenvalue weighted by molar-refractivity contribution is 7.89. The second-order valence-electron chi connectivity index (χ2n) is 6.00. The molecule has 0 aliphatic carbocycles. The first-order valence-corrected chi connectivity index (χ1v) is 9.40. The fraction of sp³-hybridized carbons (Fsp3) is 0.625. The van der Waals surface area contributed by atoms with Crippen molar-refractivity contribution in [3.05, 3.63) is 35.9 Å². The zero-order valence-electron chi connectivity index (χ0n) is 12.8. The van der Waals surface area contributed by atoms with Gasteiger partial charge >= 0.3 is 0 Å². The molecule has 0 aromatic heterocycles. The van der Waals surface area contributed by atoms with Gasteiger partial charge in [-0.1, -0.05) is 30.3 Å². The number of ether oxygens (including phenoxy) is 1. The summed E-state index contributed by atoms with van der Waals surface area (Å²) < 4.78 is 32.1. The van der Waals surface area contributed by atoms with Crippen molar-refractivity contribution in [1.29, 1.82) is 0 Å². The van der Waals surface area contributed by atoms with Crippen LogP contribution in [0.15, 0.2) is 30.3 Å². The molecular weight excluding hydrogens is 302 g/mol. The minimum absolute atomic E-state index is 0.0110. The molecule has 1 aliphatic rings. The molecule has 0 spiro atoms. The number of sulfonamides is 1. The Morgan fingerprint density at radius 2 is 1.86 bits per heavy atom. The molecule has 1 saturated heterocycles. The number of aliphatic hydroxyl groups excluding tert-OH is 1. The van der Waals surface area contributed by atoms with Gasteiger partial charge < -0.3 is 9.84 Å². The van der Waals surface area contributed by atoms with Crippen LogP contribution in [0, 0.1) is 5.41 Å². The molecule has 0 saturated carbocycles. The third-order valence-corrected chi connectivity index (χ3v) is 5.69. The van der Waals surface area contributed by atoms with Gasteiger partial charge in [-0.15, -0.1) is 0 Å². The van der Waals surface area contributed by atoms with E-state index in [1.807, 2.05) is 30.3 Å². The maximum Gasteiger partial charge on any atom is 0.211 e. The summed E-state index contributed by atoms with van der Waals surface area (Å²) in [6.45, 7) is 1.44. The quantitative estimate of drug-likeness (QED) is 0.755. The van der Waals surface area contributed by atoms with Crippen LogP contribution < -0.4 is 4.72 Å². The van der Waals surface area contributed by atoms with E-state index in [2.05, 4.69) is 4.72 Å². The molecule has 0 bridgehead atoms. The standard InChI is InChI=1S/C16H25NO4S/c18-14-16(8-10-21-11-9-16)13-17-22(19,20)12-4-7-15-5-2-1-3-6-15/h1-3,5-6,17-18H,4,7-14H2. The van der Waals surface area contributed by atoms with Crippen LogP contribution in [0.25, 0.3) is 0 Å². The van der Waals surface area contributed by atoms with Crippen LogP contribution >= 0.6 is 0 Å². The SMILES string of the molecule is O=S(=O)(CCCc1ccccc1)NCC1(CO)CCOCC1. The first kappa shape index (κ1) is 17.4. The molecule has 124 valence electrons. The van der Waals surface area contributed by atoms with Gasteiger partial charge in [-0.25, -0.2) is 13.1 Å². The minimum Gasteiger partial charge on any atom is -0.396 e. The Labute approximate surface area is 132 Å². The summed E-state index contributed by atoms with van der Waals surface area (Å²) in [6, 6.07) is 9.87. The van der Waals surface area contributed by atoms with E-state index in [-0.39, 0.29) is 17.8 Å². The summed E-state index contributed by atoms with van der Waals surface area (Å²) in [5.74, 6) is 0.111. The Morgan fingerprint density at radius 1 is 1.18 bits per heavy atom. The van der Waals surface area contributed by atoms with Crippen LogP contribution in [-0.4, -0.2) is 45.6 Å². The van der Waals surface area contributed by atoms with E-state index in [0.29, 0.717) is 39.0 Å². The minimum atomic E-state index is -3.30. The van der Waals surface area contributed by atoms with Crippen molar-refractivity contribution in [3.8, 4) is 0 Å². The smallest absolute Gasteiger partial charge is 0.211 e. The maximum atomic E-state index is 12.1. The molecule has 0 radical (unpaired) electrons. The monoisotopic (exact) mass is 327 g/mol. The van der Waals surface area contributed by atoms with Gasteiger partial charge in [0.25, 0.3) is 0 Å². The molecule has 5 nitrogen and oxygen atoms in total. The molecule has 1 aliphatic heterocycles. The lowest BCUT2D eigenvalue weighted by Gasteiger charge is -2.35. The van der Waals surface area contributed by atoms with Gasteiger partial charge in [-0.05, 0) is 31.2 Å². The van der Waals surface area contributed by atoms with Gasteiger partial charge in [0.05, 0.1) is 12.4 Å². The highest BCUT2D eigenvalue weighted by atomic mass is 32.2. The van der Waals surface area contributed by atoms with E-state index in [1.54, 1.807) is 0 Å². The molecular formula is C16H25NO4S. The highest BCUT2D eigenvalue weighted by Gasteiger charge is 2.33. The maximum absolute atomic E-state index is 12.1. The molecule has 1 heterocycles. The highest BCUT2D eigenvalue weighted by Crippen LogP contribution is 2.29. The van der Waals surface area contributed by atoms with Crippen LogP contribution in [0.2, 0.25) is 0 Å². The molecule has 2 rings (SSSR count). The van der Waals surface area contributed by atoms with Crippen LogP contribution in [0.3, 0.4) is 0 Å². The Kier molecular flexibility index (Phi) is 6.37. The predicted molar refractivity (Wildman–Crippen MR) is 86.1 cm³/mol. The number of hydrogen-bond acceptors (Lipinski definition) is 4. The molecule has 0 atom stereocenters. The lowest BCUT2D eigenvalue weighted by Crippen LogP contribution is -2.44. The summed E-state index contributed by atoms with van der Waals surface area (Å²) in [5.41, 5.74) is 0.777. The molecule has 2 N–H and O–H groups in total. The number of aliphatic hydroxyl groups is 1. The lowest BCUT2D eigenvalue weighted by atomic mass is 9.81. The van der Waals surface area contributed by atoms with E-state index in [1.165, 1.54) is 0 Å². The largest absolute Gasteiger partial charge is 0.396 e. The lowest BCUT2D eigenvalue weighted by molar-refractivity contribution is -0.0126. The normalized spacial score (nSPS) is 18.2. The molecule has 1 aromatic carbocycles. The van der Waals surface area contributed by atoms with Crippen molar-refractivity contribution in [2.24, 2.45) is 5.41 Å². The number of rotatable bonds is 8. The molecule has 1 aromatic rings. The molecule has 1 fully saturated rings. The van der Waals surface area contributed by atoms with Crippen LogP contribution in [0.1, 0.15) is 24.8 Å². The summed E-state index contributed by atoms with van der Waals surface area (Å²) in [4.78, 5) is 0. The first-order chi connectivity index (χ1) is 10.6. The van der Waals surface area contributed by atoms with Crippen molar-refractivity contribution >= 4 is 10.0 Å². The van der Waals surface area contributed by atoms with Gasteiger partial charge in [0, 0.05) is 25.2 Å². The summed E-state index contributed by atoms with van der Waals surface area (Å²) >= 11 is 0. The van der Waals surface area contributed by atoms with Crippen LogP contribution in [-0.2, 0) is 21.2 Å². The Balaban J connectivity index is 1.78. The Bertz CT molecular complexity index is 539. The number of hydrogen-bond donors (Lipinski definition) is 2. The molecule has 22 heavy (non-hydrogen) atoms. The average Bonchev–Trinajstić information content (AvgIpc) is 2.55. The van der Waals surface area contributed by atoms with E-state index in [4.69, 9.17) is 4.74 Å². The van der Waals surface area contributed by atoms with Gasteiger partial charge in [0.2, 0.25) is 10.0 Å². The topological polar surface area (TPSA) is 75.6 Å². The average molecular weight is 327 g/mol. The van der Waals surface area contributed by atoms with Crippen molar-refractivity contribution in [1.82, 2.24) is 4.72 Å². The number of benzene rings is 1. The van der Waals surface area contributed by atoms with E-state index in [0.717, 1.165) is 12.0 Å². The van der Waals surface area contributed by atoms with Gasteiger partial charge in [-0.2, -0.15) is 0 Å². The fourth-order valence-electron chi connectivity index (χ4n) is 2.64. The molecule has 0 unspecified atom stereocenters. The summed E-state index contributed by atoms with van der Waals surface area (Å²) in [5, 5.41) is 9.57. The third kappa shape index (κ3) is 5.35. The van der Waals surface area contributed by atoms with Crippen molar-refractivity contribution in [2.45, 2.75) is 25.7 Å². The van der Waals surface area contributed by atoms with Crippen molar-refractivity contribution < 1.29 is 18.3 Å². The second kappa shape index (κ2) is 8.06. The first-order valence-electron chi connectivity index (χ1n) is 7.75. The van der Waals surface area contributed by atoms with Crippen molar-refractivity contribution in [3.63, 3.8) is 0 Å². The number of aryl methyl sites for hydroxylation is 1. The molecule has 0 amide bonds. The zero-order valence-corrected chi connectivity index (χ0v) is 13.6.